The van der Waals surface area contributed by atoms with Gasteiger partial charge in [-0.1, -0.05) is 12.8 Å². The van der Waals surface area contributed by atoms with Gasteiger partial charge in [-0.25, -0.2) is 4.99 Å². The van der Waals surface area contributed by atoms with Crippen molar-refractivity contribution in [2.45, 2.75) is 57.6 Å². The lowest BCUT2D eigenvalue weighted by molar-refractivity contribution is -0.127. The van der Waals surface area contributed by atoms with Gasteiger partial charge in [-0.15, -0.1) is 24.0 Å². The maximum atomic E-state index is 12.0. The number of nitrogens with zero attached hydrogens (tertiary/aromatic N) is 2. The summed E-state index contributed by atoms with van der Waals surface area (Å²) in [4.78, 5) is 18.1. The van der Waals surface area contributed by atoms with Crippen molar-refractivity contribution in [2.24, 2.45) is 16.3 Å². The van der Waals surface area contributed by atoms with E-state index in [1.54, 1.807) is 19.0 Å². The number of rotatable bonds is 8. The fourth-order valence-corrected chi connectivity index (χ4v) is 5.02. The first-order valence-electron chi connectivity index (χ1n) is 10.5. The van der Waals surface area contributed by atoms with Gasteiger partial charge < -0.3 is 25.0 Å². The van der Waals surface area contributed by atoms with Crippen LogP contribution in [-0.4, -0.2) is 75.9 Å². The van der Waals surface area contributed by atoms with Crippen molar-refractivity contribution < 1.29 is 14.3 Å². The second-order valence-corrected chi connectivity index (χ2v) is 8.24. The minimum Gasteiger partial charge on any atom is -0.382 e. The summed E-state index contributed by atoms with van der Waals surface area (Å²) < 4.78 is 11.5. The Morgan fingerprint density at radius 2 is 2.07 bits per heavy atom. The molecule has 0 aromatic heterocycles. The molecule has 2 aliphatic carbocycles. The molecule has 0 aromatic carbocycles. The van der Waals surface area contributed by atoms with Crippen LogP contribution < -0.4 is 10.6 Å². The molecule has 2 N–H and O–H groups in total. The second-order valence-electron chi connectivity index (χ2n) is 8.24. The fraction of sp³-hybridized carbons (Fsp3) is 0.900. The van der Waals surface area contributed by atoms with Gasteiger partial charge in [0.1, 0.15) is 6.54 Å². The summed E-state index contributed by atoms with van der Waals surface area (Å²) in [7, 11) is 3.53. The van der Waals surface area contributed by atoms with E-state index in [2.05, 4.69) is 15.6 Å². The highest BCUT2D eigenvalue weighted by Crippen LogP contribution is 2.60. The molecular formula is C20H37IN4O3. The first-order valence-corrected chi connectivity index (χ1v) is 10.5. The lowest BCUT2D eigenvalue weighted by Gasteiger charge is -2.57. The molecule has 7 nitrogen and oxygen atoms in total. The highest BCUT2D eigenvalue weighted by molar-refractivity contribution is 14.0. The molecule has 1 aliphatic heterocycles. The second kappa shape index (κ2) is 11.0. The van der Waals surface area contributed by atoms with Crippen molar-refractivity contribution in [3.63, 3.8) is 0 Å². The van der Waals surface area contributed by atoms with Crippen molar-refractivity contribution in [1.82, 2.24) is 15.5 Å². The lowest BCUT2D eigenvalue weighted by atomic mass is 9.54. The van der Waals surface area contributed by atoms with Crippen LogP contribution in [0.5, 0.6) is 0 Å². The van der Waals surface area contributed by atoms with Crippen LogP contribution in [0.15, 0.2) is 4.99 Å². The van der Waals surface area contributed by atoms with E-state index in [-0.39, 0.29) is 41.8 Å². The number of nitrogens with one attached hydrogen (secondary N) is 2. The maximum Gasteiger partial charge on any atom is 0.243 e. The van der Waals surface area contributed by atoms with Crippen LogP contribution in [0.1, 0.15) is 45.4 Å². The lowest BCUT2D eigenvalue weighted by Crippen LogP contribution is -2.69. The molecule has 2 saturated carbocycles. The number of carbonyl (C=O) groups is 1. The van der Waals surface area contributed by atoms with Crippen molar-refractivity contribution in [3.8, 4) is 0 Å². The number of halogens is 1. The molecule has 1 heterocycles. The standard InChI is InChI=1S/C20H36N4O3.HI/c1-4-26-12-7-11-21-19(22-14-16(25)24(2)3)23-17-15-8-13-27-18(15)20(17)9-5-6-10-20;/h15,17-18H,4-14H2,1-3H3,(H2,21,22,23);1H. The Balaban J connectivity index is 0.00000280. The predicted octanol–water partition coefficient (Wildman–Crippen LogP) is 2.00. The molecule has 8 heteroatoms. The third-order valence-electron chi connectivity index (χ3n) is 6.41. The van der Waals surface area contributed by atoms with Crippen LogP contribution in [-0.2, 0) is 14.3 Å². The third kappa shape index (κ3) is 5.11. The Morgan fingerprint density at radius 1 is 1.32 bits per heavy atom. The highest BCUT2D eigenvalue weighted by Gasteiger charge is 2.65. The monoisotopic (exact) mass is 508 g/mol. The van der Waals surface area contributed by atoms with Gasteiger partial charge in [0.15, 0.2) is 5.96 Å². The van der Waals surface area contributed by atoms with Crippen LogP contribution in [0.4, 0.5) is 0 Å². The number of likely N-dealkylation sites (N-methyl/N-ethyl adjacent to an activating group) is 1. The van der Waals surface area contributed by atoms with E-state index in [4.69, 9.17) is 9.47 Å². The van der Waals surface area contributed by atoms with Crippen LogP contribution in [0, 0.1) is 11.3 Å². The summed E-state index contributed by atoms with van der Waals surface area (Å²) in [5, 5.41) is 7.10. The van der Waals surface area contributed by atoms with Crippen LogP contribution >= 0.6 is 24.0 Å². The van der Waals surface area contributed by atoms with Crippen LogP contribution in [0.3, 0.4) is 0 Å². The van der Waals surface area contributed by atoms with Gasteiger partial charge in [0.2, 0.25) is 5.91 Å². The highest BCUT2D eigenvalue weighted by atomic mass is 127. The van der Waals surface area contributed by atoms with Gasteiger partial charge >= 0.3 is 0 Å². The topological polar surface area (TPSA) is 75.2 Å². The predicted molar refractivity (Wildman–Crippen MR) is 121 cm³/mol. The molecule has 1 saturated heterocycles. The molecule has 3 unspecified atom stereocenters. The number of carbonyl (C=O) groups excluding carboxylic acids is 1. The molecule has 1 spiro atoms. The first-order chi connectivity index (χ1) is 13.1. The van der Waals surface area contributed by atoms with E-state index in [1.807, 2.05) is 6.92 Å². The largest absolute Gasteiger partial charge is 0.382 e. The minimum atomic E-state index is 0. The normalized spacial score (nSPS) is 27.7. The van der Waals surface area contributed by atoms with Gasteiger partial charge in [0.05, 0.1) is 6.10 Å². The molecule has 0 bridgehead atoms. The molecule has 0 aromatic rings. The van der Waals surface area contributed by atoms with Crippen LogP contribution in [0.2, 0.25) is 0 Å². The molecule has 3 fully saturated rings. The number of amides is 1. The Labute approximate surface area is 186 Å². The van der Waals surface area contributed by atoms with E-state index in [1.165, 1.54) is 25.7 Å². The quantitative estimate of drug-likeness (QED) is 0.227. The van der Waals surface area contributed by atoms with Crippen molar-refractivity contribution >= 4 is 35.8 Å². The Morgan fingerprint density at radius 3 is 2.75 bits per heavy atom. The molecule has 3 atom stereocenters. The number of fused-ring (bicyclic) bond motifs is 2. The summed E-state index contributed by atoms with van der Waals surface area (Å²) >= 11 is 0. The van der Waals surface area contributed by atoms with E-state index >= 15 is 0 Å². The van der Waals surface area contributed by atoms with Gasteiger partial charge in [-0.05, 0) is 32.6 Å². The maximum absolute atomic E-state index is 12.0. The Hall–Kier alpha value is -0.610. The smallest absolute Gasteiger partial charge is 0.243 e. The number of guanidine groups is 1. The minimum absolute atomic E-state index is 0. The Kier molecular flexibility index (Phi) is 9.27. The number of hydrogen-bond donors (Lipinski definition) is 2. The third-order valence-corrected chi connectivity index (χ3v) is 6.41. The van der Waals surface area contributed by atoms with Gasteiger partial charge in [0, 0.05) is 57.8 Å². The fourth-order valence-electron chi connectivity index (χ4n) is 5.02. The average molecular weight is 508 g/mol. The summed E-state index contributed by atoms with van der Waals surface area (Å²) in [6.45, 7) is 5.31. The van der Waals surface area contributed by atoms with E-state index in [9.17, 15) is 4.79 Å². The molecule has 162 valence electrons. The number of hydrogen-bond acceptors (Lipinski definition) is 4. The van der Waals surface area contributed by atoms with Crippen LogP contribution in [0.25, 0.3) is 0 Å². The van der Waals surface area contributed by atoms with E-state index < -0.39 is 0 Å². The van der Waals surface area contributed by atoms with Gasteiger partial charge in [-0.3, -0.25) is 4.79 Å². The zero-order valence-electron chi connectivity index (χ0n) is 17.5. The summed E-state index contributed by atoms with van der Waals surface area (Å²) in [5.41, 5.74) is 0.264. The zero-order chi connectivity index (χ0) is 19.3. The molecule has 0 radical (unpaired) electrons. The summed E-state index contributed by atoms with van der Waals surface area (Å²) in [6.07, 6.45) is 7.51. The molecule has 3 rings (SSSR count). The van der Waals surface area contributed by atoms with E-state index in [0.29, 0.717) is 18.1 Å². The van der Waals surface area contributed by atoms with Crippen molar-refractivity contribution in [3.05, 3.63) is 0 Å². The number of ether oxygens (including phenoxy) is 2. The average Bonchev–Trinajstić information content (AvgIpc) is 3.31. The molecule has 3 aliphatic rings. The summed E-state index contributed by atoms with van der Waals surface area (Å²) in [6, 6.07) is 0.403. The Bertz CT molecular complexity index is 538. The van der Waals surface area contributed by atoms with Crippen molar-refractivity contribution in [2.75, 3.05) is 47.0 Å². The summed E-state index contributed by atoms with van der Waals surface area (Å²) in [5.74, 6) is 1.34. The molecule has 1 amide bonds. The molecular weight excluding hydrogens is 471 g/mol. The van der Waals surface area contributed by atoms with Gasteiger partial charge in [0.25, 0.3) is 0 Å². The number of aliphatic imine (C=N–C) groups is 1. The zero-order valence-corrected chi connectivity index (χ0v) is 19.9. The first kappa shape index (κ1) is 23.7. The molecule has 28 heavy (non-hydrogen) atoms. The van der Waals surface area contributed by atoms with E-state index in [0.717, 1.165) is 45.2 Å². The SMILES string of the molecule is CCOCCCNC(=NCC(=O)N(C)C)NC1C2CCOC2C12CCCC2.I. The van der Waals surface area contributed by atoms with Gasteiger partial charge in [-0.2, -0.15) is 0 Å². The van der Waals surface area contributed by atoms with Crippen molar-refractivity contribution in [1.29, 1.82) is 0 Å².